The Kier molecular flexibility index (Phi) is 4.90. The van der Waals surface area contributed by atoms with E-state index in [1.54, 1.807) is 30.3 Å². The lowest BCUT2D eigenvalue weighted by molar-refractivity contribution is -0.119. The van der Waals surface area contributed by atoms with Crippen LogP contribution < -0.4 is 16.6 Å². The quantitative estimate of drug-likeness (QED) is 0.255. The van der Waals surface area contributed by atoms with Crippen molar-refractivity contribution in [1.29, 1.82) is 0 Å². The van der Waals surface area contributed by atoms with Crippen LogP contribution in [-0.2, 0) is 0 Å². The van der Waals surface area contributed by atoms with Crippen LogP contribution in [0, 0.1) is 0 Å². The normalized spacial score (nSPS) is 12.7. The van der Waals surface area contributed by atoms with Crippen LogP contribution in [0.1, 0.15) is 0 Å². The molecule has 0 unspecified atom stereocenters. The standard InChI is InChI=1S/C10H12F4N4/c11-8(12)10(13,14)6-16-9(18-15)17-7-4-2-1-3-5-7/h1-5,8H,6,15H2,(H2,16,17,18). The van der Waals surface area contributed by atoms with Crippen LogP contribution in [0.4, 0.5) is 23.2 Å². The van der Waals surface area contributed by atoms with Crippen molar-refractivity contribution in [3.05, 3.63) is 30.3 Å². The molecule has 0 spiro atoms. The Bertz CT molecular complexity index is 394. The van der Waals surface area contributed by atoms with Crippen LogP contribution in [0.25, 0.3) is 0 Å². The fourth-order valence-corrected chi connectivity index (χ4v) is 1.03. The van der Waals surface area contributed by atoms with E-state index in [4.69, 9.17) is 5.84 Å². The molecule has 0 amide bonds. The highest BCUT2D eigenvalue weighted by Crippen LogP contribution is 2.22. The van der Waals surface area contributed by atoms with Crippen molar-refractivity contribution in [3.8, 4) is 0 Å². The zero-order chi connectivity index (χ0) is 13.6. The van der Waals surface area contributed by atoms with E-state index in [1.807, 2.05) is 5.43 Å². The van der Waals surface area contributed by atoms with Gasteiger partial charge in [0.05, 0.1) is 0 Å². The number of benzene rings is 1. The number of hydrazine groups is 1. The number of halogens is 4. The highest BCUT2D eigenvalue weighted by Gasteiger charge is 2.40. The second-order valence-electron chi connectivity index (χ2n) is 3.36. The monoisotopic (exact) mass is 264 g/mol. The van der Waals surface area contributed by atoms with Gasteiger partial charge in [0.1, 0.15) is 6.54 Å². The summed E-state index contributed by atoms with van der Waals surface area (Å²) in [6.07, 6.45) is -3.77. The molecule has 8 heteroatoms. The number of anilines is 1. The van der Waals surface area contributed by atoms with Crippen molar-refractivity contribution in [3.63, 3.8) is 0 Å². The molecule has 1 rings (SSSR count). The fraction of sp³-hybridized carbons (Fsp3) is 0.300. The Morgan fingerprint density at radius 1 is 1.28 bits per heavy atom. The van der Waals surface area contributed by atoms with Gasteiger partial charge in [-0.15, -0.1) is 0 Å². The zero-order valence-corrected chi connectivity index (χ0v) is 9.21. The summed E-state index contributed by atoms with van der Waals surface area (Å²) in [7, 11) is 0. The second kappa shape index (κ2) is 6.20. The molecule has 0 aliphatic rings. The molecule has 1 aromatic carbocycles. The number of guanidine groups is 1. The number of nitrogens with zero attached hydrogens (tertiary/aromatic N) is 1. The van der Waals surface area contributed by atoms with E-state index in [9.17, 15) is 17.6 Å². The molecular weight excluding hydrogens is 252 g/mol. The molecule has 0 saturated heterocycles. The third-order valence-electron chi connectivity index (χ3n) is 1.94. The molecule has 0 bridgehead atoms. The van der Waals surface area contributed by atoms with Gasteiger partial charge in [-0.2, -0.15) is 8.78 Å². The molecular formula is C10H12F4N4. The molecule has 1 aromatic rings. The highest BCUT2D eigenvalue weighted by atomic mass is 19.3. The van der Waals surface area contributed by atoms with Crippen molar-refractivity contribution in [2.45, 2.75) is 12.3 Å². The fourth-order valence-electron chi connectivity index (χ4n) is 1.03. The van der Waals surface area contributed by atoms with Crippen LogP contribution in [0.2, 0.25) is 0 Å². The van der Waals surface area contributed by atoms with Crippen LogP contribution in [-0.4, -0.2) is 24.9 Å². The number of para-hydroxylation sites is 1. The predicted octanol–water partition coefficient (Wildman–Crippen LogP) is 1.82. The van der Waals surface area contributed by atoms with E-state index in [1.165, 1.54) is 0 Å². The zero-order valence-electron chi connectivity index (χ0n) is 9.21. The van der Waals surface area contributed by atoms with Gasteiger partial charge in [-0.05, 0) is 12.1 Å². The Hall–Kier alpha value is -1.83. The first-order chi connectivity index (χ1) is 8.45. The Balaban J connectivity index is 2.67. The third kappa shape index (κ3) is 4.21. The average molecular weight is 264 g/mol. The van der Waals surface area contributed by atoms with Gasteiger partial charge in [0, 0.05) is 5.69 Å². The van der Waals surface area contributed by atoms with Crippen LogP contribution in [0.3, 0.4) is 0 Å². The molecule has 0 aromatic heterocycles. The summed E-state index contributed by atoms with van der Waals surface area (Å²) < 4.78 is 49.1. The number of hydrogen-bond acceptors (Lipinski definition) is 2. The first-order valence-electron chi connectivity index (χ1n) is 4.95. The molecule has 0 heterocycles. The summed E-state index contributed by atoms with van der Waals surface area (Å²) >= 11 is 0. The lowest BCUT2D eigenvalue weighted by Gasteiger charge is -2.14. The summed E-state index contributed by atoms with van der Waals surface area (Å²) in [5.41, 5.74) is 2.56. The van der Waals surface area contributed by atoms with E-state index in [2.05, 4.69) is 10.3 Å². The number of alkyl halides is 4. The highest BCUT2D eigenvalue weighted by molar-refractivity contribution is 5.93. The van der Waals surface area contributed by atoms with Crippen molar-refractivity contribution < 1.29 is 17.6 Å². The molecule has 0 saturated carbocycles. The minimum absolute atomic E-state index is 0.221. The molecule has 0 fully saturated rings. The second-order valence-corrected chi connectivity index (χ2v) is 3.36. The molecule has 0 radical (unpaired) electrons. The lowest BCUT2D eigenvalue weighted by Crippen LogP contribution is -2.38. The smallest absolute Gasteiger partial charge is 0.325 e. The lowest BCUT2D eigenvalue weighted by atomic mass is 10.3. The van der Waals surface area contributed by atoms with Crippen molar-refractivity contribution in [2.24, 2.45) is 10.8 Å². The van der Waals surface area contributed by atoms with E-state index in [0.717, 1.165) is 0 Å². The summed E-state index contributed by atoms with van der Waals surface area (Å²) in [6.45, 7) is -1.36. The third-order valence-corrected chi connectivity index (χ3v) is 1.94. The van der Waals surface area contributed by atoms with Crippen LogP contribution in [0.5, 0.6) is 0 Å². The summed E-state index contributed by atoms with van der Waals surface area (Å²) in [5, 5.41) is 2.58. The largest absolute Gasteiger partial charge is 0.326 e. The minimum atomic E-state index is -4.18. The van der Waals surface area contributed by atoms with E-state index in [0.29, 0.717) is 5.69 Å². The van der Waals surface area contributed by atoms with Crippen LogP contribution >= 0.6 is 0 Å². The summed E-state index contributed by atoms with van der Waals surface area (Å²) in [6, 6.07) is 8.42. The maximum Gasteiger partial charge on any atom is 0.326 e. The first-order valence-corrected chi connectivity index (χ1v) is 4.95. The van der Waals surface area contributed by atoms with Gasteiger partial charge in [-0.3, -0.25) is 5.43 Å². The van der Waals surface area contributed by atoms with Gasteiger partial charge in [-0.1, -0.05) is 18.2 Å². The van der Waals surface area contributed by atoms with Gasteiger partial charge >= 0.3 is 12.3 Å². The minimum Gasteiger partial charge on any atom is -0.325 e. The van der Waals surface area contributed by atoms with Gasteiger partial charge in [0.2, 0.25) is 5.96 Å². The first kappa shape index (κ1) is 14.2. The number of hydrogen-bond donors (Lipinski definition) is 3. The molecule has 4 nitrogen and oxygen atoms in total. The van der Waals surface area contributed by atoms with Crippen molar-refractivity contribution >= 4 is 11.6 Å². The topological polar surface area (TPSA) is 62.4 Å². The van der Waals surface area contributed by atoms with Crippen LogP contribution in [0.15, 0.2) is 35.3 Å². The van der Waals surface area contributed by atoms with Crippen molar-refractivity contribution in [1.82, 2.24) is 5.43 Å². The Labute approximate surface area is 101 Å². The number of aliphatic imine (C=N–C) groups is 1. The summed E-state index contributed by atoms with van der Waals surface area (Å²) in [5.74, 6) is 0.649. The SMILES string of the molecule is NNC(=NCC(F)(F)C(F)F)Nc1ccccc1. The van der Waals surface area contributed by atoms with E-state index in [-0.39, 0.29) is 5.96 Å². The van der Waals surface area contributed by atoms with Gasteiger partial charge in [0.15, 0.2) is 0 Å². The van der Waals surface area contributed by atoms with Crippen molar-refractivity contribution in [2.75, 3.05) is 11.9 Å². The number of nitrogens with one attached hydrogen (secondary N) is 2. The Morgan fingerprint density at radius 2 is 1.89 bits per heavy atom. The van der Waals surface area contributed by atoms with Gasteiger partial charge in [-0.25, -0.2) is 19.6 Å². The maximum absolute atomic E-state index is 12.6. The Morgan fingerprint density at radius 3 is 2.39 bits per heavy atom. The molecule has 4 N–H and O–H groups in total. The number of rotatable bonds is 4. The predicted molar refractivity (Wildman–Crippen MR) is 60.6 cm³/mol. The van der Waals surface area contributed by atoms with E-state index >= 15 is 0 Å². The average Bonchev–Trinajstić information content (AvgIpc) is 2.35. The van der Waals surface area contributed by atoms with Gasteiger partial charge in [0.25, 0.3) is 0 Å². The molecule has 18 heavy (non-hydrogen) atoms. The summed E-state index contributed by atoms with van der Waals surface area (Å²) in [4.78, 5) is 3.27. The molecule has 100 valence electrons. The maximum atomic E-state index is 12.6. The van der Waals surface area contributed by atoms with E-state index < -0.39 is 18.9 Å². The molecule has 0 atom stereocenters. The molecule has 0 aliphatic carbocycles. The number of nitrogens with two attached hydrogens (primary N) is 1. The van der Waals surface area contributed by atoms with Gasteiger partial charge < -0.3 is 5.32 Å². The molecule has 0 aliphatic heterocycles.